The van der Waals surface area contributed by atoms with E-state index in [1.807, 2.05) is 24.3 Å². The van der Waals surface area contributed by atoms with Crippen LogP contribution in [-0.4, -0.2) is 61.9 Å². The standard InChI is InChI=1S/C36H34N2O9/c37-35(42)33-30(47-36(43)23-9-2-1-3-10-23)17-16-29(34(33)41)38-31(39)22-45-20-19-44-18-8-15-32(40)46-21-28-26-13-6-4-11-24(26)25-12-5-7-14-27(25)28/h1-7,9-14,16-17,28,41H,8,15,18-22H2,(H2,37,42)(H,38,39). The third kappa shape index (κ3) is 8.20. The molecule has 1 aliphatic rings. The topological polar surface area (TPSA) is 163 Å². The summed E-state index contributed by atoms with van der Waals surface area (Å²) in [6.45, 7) is 0.517. The van der Waals surface area contributed by atoms with Crippen LogP contribution >= 0.6 is 0 Å². The van der Waals surface area contributed by atoms with Crippen molar-refractivity contribution in [2.75, 3.05) is 38.4 Å². The van der Waals surface area contributed by atoms with Gasteiger partial charge in [-0.3, -0.25) is 14.4 Å². The maximum Gasteiger partial charge on any atom is 0.343 e. The average molecular weight is 639 g/mol. The van der Waals surface area contributed by atoms with Crippen molar-refractivity contribution in [2.24, 2.45) is 5.73 Å². The Kier molecular flexibility index (Phi) is 10.9. The number of nitrogens with two attached hydrogens (primary N) is 1. The van der Waals surface area contributed by atoms with Crippen molar-refractivity contribution in [1.29, 1.82) is 0 Å². The molecular formula is C36H34N2O9. The summed E-state index contributed by atoms with van der Waals surface area (Å²) in [5, 5.41) is 13.0. The fraction of sp³-hybridized carbons (Fsp3) is 0.222. The molecule has 11 heteroatoms. The number of hydrogen-bond donors (Lipinski definition) is 3. The lowest BCUT2D eigenvalue weighted by atomic mass is 9.98. The Hall–Kier alpha value is -5.52. The Balaban J connectivity index is 0.978. The van der Waals surface area contributed by atoms with Crippen LogP contribution in [0, 0.1) is 0 Å². The molecular weight excluding hydrogens is 604 g/mol. The molecule has 4 N–H and O–H groups in total. The summed E-state index contributed by atoms with van der Waals surface area (Å²) in [7, 11) is 0. The minimum absolute atomic E-state index is 0.00935. The van der Waals surface area contributed by atoms with Crippen LogP contribution in [0.2, 0.25) is 0 Å². The molecule has 4 aromatic rings. The first-order chi connectivity index (χ1) is 22.8. The lowest BCUT2D eigenvalue weighted by molar-refractivity contribution is -0.144. The number of carbonyl (C=O) groups is 4. The fourth-order valence-electron chi connectivity index (χ4n) is 5.31. The number of esters is 2. The van der Waals surface area contributed by atoms with Gasteiger partial charge in [-0.2, -0.15) is 0 Å². The molecule has 242 valence electrons. The lowest BCUT2D eigenvalue weighted by Crippen LogP contribution is -2.21. The molecule has 0 radical (unpaired) electrons. The van der Waals surface area contributed by atoms with E-state index in [0.29, 0.717) is 13.0 Å². The highest BCUT2D eigenvalue weighted by Crippen LogP contribution is 2.44. The average Bonchev–Trinajstić information content (AvgIpc) is 3.40. The molecule has 11 nitrogen and oxygen atoms in total. The number of benzene rings is 4. The van der Waals surface area contributed by atoms with Crippen molar-refractivity contribution in [3.8, 4) is 22.6 Å². The SMILES string of the molecule is NC(=O)c1c(OC(=O)c2ccccc2)ccc(NC(=O)COCCOCCCC(=O)OCC2c3ccccc3-c3ccccc32)c1O. The zero-order valence-corrected chi connectivity index (χ0v) is 25.5. The number of nitrogens with one attached hydrogen (secondary N) is 1. The molecule has 0 saturated heterocycles. The number of ether oxygens (including phenoxy) is 4. The smallest absolute Gasteiger partial charge is 0.343 e. The number of rotatable bonds is 15. The molecule has 5 rings (SSSR count). The van der Waals surface area contributed by atoms with Gasteiger partial charge in [-0.25, -0.2) is 4.79 Å². The zero-order valence-electron chi connectivity index (χ0n) is 25.5. The van der Waals surface area contributed by atoms with Crippen molar-refractivity contribution in [3.63, 3.8) is 0 Å². The van der Waals surface area contributed by atoms with Gasteiger partial charge in [-0.05, 0) is 52.9 Å². The maximum absolute atomic E-state index is 12.4. The second-order valence-electron chi connectivity index (χ2n) is 10.7. The monoisotopic (exact) mass is 638 g/mol. The van der Waals surface area contributed by atoms with Gasteiger partial charge in [0.15, 0.2) is 5.75 Å². The Morgan fingerprint density at radius 2 is 1.40 bits per heavy atom. The maximum atomic E-state index is 12.4. The Bertz CT molecular complexity index is 1710. The van der Waals surface area contributed by atoms with E-state index in [2.05, 4.69) is 29.6 Å². The summed E-state index contributed by atoms with van der Waals surface area (Å²) in [5.41, 5.74) is 9.72. The minimum Gasteiger partial charge on any atom is -0.505 e. The number of anilines is 1. The van der Waals surface area contributed by atoms with Gasteiger partial charge < -0.3 is 35.1 Å². The second kappa shape index (κ2) is 15.7. The van der Waals surface area contributed by atoms with Crippen LogP contribution in [0.3, 0.4) is 0 Å². The van der Waals surface area contributed by atoms with Gasteiger partial charge in [0, 0.05) is 18.9 Å². The summed E-state index contributed by atoms with van der Waals surface area (Å²) in [6, 6.07) is 26.9. The van der Waals surface area contributed by atoms with E-state index in [9.17, 15) is 24.3 Å². The van der Waals surface area contributed by atoms with E-state index in [4.69, 9.17) is 24.7 Å². The van der Waals surface area contributed by atoms with Crippen molar-refractivity contribution < 1.29 is 43.2 Å². The number of amides is 2. The molecule has 47 heavy (non-hydrogen) atoms. The number of aromatic hydroxyl groups is 1. The molecule has 0 unspecified atom stereocenters. The van der Waals surface area contributed by atoms with Crippen molar-refractivity contribution in [1.82, 2.24) is 0 Å². The van der Waals surface area contributed by atoms with Crippen LogP contribution in [0.4, 0.5) is 5.69 Å². The molecule has 0 heterocycles. The molecule has 0 atom stereocenters. The van der Waals surface area contributed by atoms with Gasteiger partial charge in [-0.15, -0.1) is 0 Å². The zero-order chi connectivity index (χ0) is 33.2. The second-order valence-corrected chi connectivity index (χ2v) is 10.7. The van der Waals surface area contributed by atoms with E-state index in [-0.39, 0.29) is 61.7 Å². The van der Waals surface area contributed by atoms with Crippen LogP contribution in [0.25, 0.3) is 11.1 Å². The Labute approximate surface area is 271 Å². The summed E-state index contributed by atoms with van der Waals surface area (Å²) < 4.78 is 21.7. The van der Waals surface area contributed by atoms with E-state index >= 15 is 0 Å². The van der Waals surface area contributed by atoms with E-state index in [1.165, 1.54) is 35.4 Å². The van der Waals surface area contributed by atoms with Crippen LogP contribution in [-0.2, 0) is 23.8 Å². The predicted molar refractivity (Wildman–Crippen MR) is 172 cm³/mol. The van der Waals surface area contributed by atoms with Gasteiger partial charge in [-0.1, -0.05) is 66.7 Å². The van der Waals surface area contributed by atoms with Gasteiger partial charge in [0.1, 0.15) is 24.5 Å². The Morgan fingerprint density at radius 1 is 0.766 bits per heavy atom. The fourth-order valence-corrected chi connectivity index (χ4v) is 5.31. The number of carbonyl (C=O) groups excluding carboxylic acids is 4. The largest absolute Gasteiger partial charge is 0.505 e. The lowest BCUT2D eigenvalue weighted by Gasteiger charge is -2.14. The molecule has 4 aromatic carbocycles. The van der Waals surface area contributed by atoms with E-state index < -0.39 is 29.1 Å². The summed E-state index contributed by atoms with van der Waals surface area (Å²) in [5.74, 6) is -3.61. The van der Waals surface area contributed by atoms with Crippen LogP contribution in [0.15, 0.2) is 91.0 Å². The van der Waals surface area contributed by atoms with Gasteiger partial charge in [0.05, 0.1) is 24.5 Å². The number of fused-ring (bicyclic) bond motifs is 3. The number of primary amides is 1. The van der Waals surface area contributed by atoms with Gasteiger partial charge >= 0.3 is 11.9 Å². The number of hydrogen-bond acceptors (Lipinski definition) is 9. The van der Waals surface area contributed by atoms with Gasteiger partial charge in [0.25, 0.3) is 5.91 Å². The minimum atomic E-state index is -1.05. The van der Waals surface area contributed by atoms with Crippen molar-refractivity contribution >= 4 is 29.4 Å². The third-order valence-electron chi connectivity index (χ3n) is 7.52. The molecule has 0 fully saturated rings. The first kappa shape index (κ1) is 32.9. The van der Waals surface area contributed by atoms with Gasteiger partial charge in [0.2, 0.25) is 5.91 Å². The molecule has 2 amide bonds. The predicted octanol–water partition coefficient (Wildman–Crippen LogP) is 4.82. The normalized spacial score (nSPS) is 11.7. The highest BCUT2D eigenvalue weighted by Gasteiger charge is 2.29. The van der Waals surface area contributed by atoms with Crippen LogP contribution in [0.5, 0.6) is 11.5 Å². The summed E-state index contributed by atoms with van der Waals surface area (Å²) in [6.07, 6.45) is 0.676. The molecule has 0 bridgehead atoms. The highest BCUT2D eigenvalue weighted by molar-refractivity contribution is 6.04. The van der Waals surface area contributed by atoms with Crippen LogP contribution in [0.1, 0.15) is 50.6 Å². The molecule has 0 aliphatic heterocycles. The van der Waals surface area contributed by atoms with Crippen molar-refractivity contribution in [2.45, 2.75) is 18.8 Å². The summed E-state index contributed by atoms with van der Waals surface area (Å²) in [4.78, 5) is 49.1. The summed E-state index contributed by atoms with van der Waals surface area (Å²) >= 11 is 0. The molecule has 1 aliphatic carbocycles. The first-order valence-electron chi connectivity index (χ1n) is 15.1. The third-order valence-corrected chi connectivity index (χ3v) is 7.52. The van der Waals surface area contributed by atoms with Crippen molar-refractivity contribution in [3.05, 3.63) is 113 Å². The van der Waals surface area contributed by atoms with Crippen LogP contribution < -0.4 is 15.8 Å². The quantitative estimate of drug-likeness (QED) is 0.0717. The Morgan fingerprint density at radius 3 is 2.09 bits per heavy atom. The number of phenols is 1. The van der Waals surface area contributed by atoms with E-state index in [1.54, 1.807) is 18.2 Å². The molecule has 0 spiro atoms. The van der Waals surface area contributed by atoms with E-state index in [0.717, 1.165) is 11.1 Å². The first-order valence-corrected chi connectivity index (χ1v) is 15.1. The highest BCUT2D eigenvalue weighted by atomic mass is 16.5. The molecule has 0 saturated carbocycles. The molecule has 0 aromatic heterocycles.